The highest BCUT2D eigenvalue weighted by atomic mass is 32.2. The van der Waals surface area contributed by atoms with Crippen LogP contribution in [-0.2, 0) is 0 Å². The van der Waals surface area contributed by atoms with Gasteiger partial charge in [-0.2, -0.15) is 31.6 Å². The van der Waals surface area contributed by atoms with Gasteiger partial charge in [0, 0.05) is 11.4 Å². The number of nitrogens with one attached hydrogen (secondary N) is 2. The number of hydrogen-bond donors (Lipinski definition) is 2. The molecule has 1 aromatic rings. The maximum Gasteiger partial charge on any atom is 0.449 e. The molecule has 0 radical (unpaired) electrons. The lowest BCUT2D eigenvalue weighted by Crippen LogP contribution is -2.45. The summed E-state index contributed by atoms with van der Waals surface area (Å²) in [5.41, 5.74) is -1.48. The summed E-state index contributed by atoms with van der Waals surface area (Å²) >= 11 is 0.0937. The van der Waals surface area contributed by atoms with Gasteiger partial charge in [-0.1, -0.05) is 0 Å². The number of alkyl halides is 6. The Bertz CT molecular complexity index is 768. The first kappa shape index (κ1) is 22.6. The minimum atomic E-state index is -5.18. The Balaban J connectivity index is 3.34. The van der Waals surface area contributed by atoms with Gasteiger partial charge in [-0.3, -0.25) is 5.32 Å². The van der Waals surface area contributed by atoms with Crippen molar-refractivity contribution in [3.63, 3.8) is 0 Å². The minimum Gasteiger partial charge on any atom is -0.338 e. The van der Waals surface area contributed by atoms with Crippen LogP contribution in [0.15, 0.2) is 22.0 Å². The summed E-state index contributed by atoms with van der Waals surface area (Å²) in [6.07, 6.45) is -9.79. The molecule has 0 aliphatic rings. The molecule has 0 aliphatic carbocycles. The smallest absolute Gasteiger partial charge is 0.338 e. The molecule has 0 aromatic heterocycles. The molecule has 2 amide bonds. The van der Waals surface area contributed by atoms with E-state index in [-0.39, 0.29) is 18.3 Å². The fraction of sp³-hybridized carbons (Fsp3) is 0.357. The quantitative estimate of drug-likeness (QED) is 0.333. The van der Waals surface area contributed by atoms with Crippen LogP contribution in [0.5, 0.6) is 0 Å². The van der Waals surface area contributed by atoms with Crippen LogP contribution in [0.2, 0.25) is 0 Å². The molecule has 27 heavy (non-hydrogen) atoms. The lowest BCUT2D eigenvalue weighted by molar-refractivity contribution is -0.105. The zero-order chi connectivity index (χ0) is 20.8. The molecule has 13 heteroatoms. The number of amides is 2. The lowest BCUT2D eigenvalue weighted by Gasteiger charge is -2.13. The Kier molecular flexibility index (Phi) is 7.46. The molecule has 0 atom stereocenters. The molecule has 0 fully saturated rings. The maximum atomic E-state index is 13.9. The Hall–Kier alpha value is -2.49. The van der Waals surface area contributed by atoms with E-state index >= 15 is 0 Å². The van der Waals surface area contributed by atoms with E-state index in [2.05, 4.69) is 4.99 Å². The monoisotopic (exact) mass is 416 g/mol. The van der Waals surface area contributed by atoms with Crippen LogP contribution in [0, 0.1) is 17.1 Å². The van der Waals surface area contributed by atoms with Crippen molar-refractivity contribution < 1.29 is 35.5 Å². The van der Waals surface area contributed by atoms with Crippen LogP contribution in [0.4, 0.5) is 41.2 Å². The van der Waals surface area contributed by atoms with Gasteiger partial charge >= 0.3 is 18.4 Å². The summed E-state index contributed by atoms with van der Waals surface area (Å²) in [6, 6.07) is 1.25. The number of nitriles is 1. The van der Waals surface area contributed by atoms with E-state index in [4.69, 9.17) is 5.26 Å². The first-order valence-electron chi connectivity index (χ1n) is 7.01. The third kappa shape index (κ3) is 7.33. The summed E-state index contributed by atoms with van der Waals surface area (Å²) in [5.74, 6) is -4.69. The van der Waals surface area contributed by atoms with Crippen molar-refractivity contribution in [2.75, 3.05) is 12.3 Å². The van der Waals surface area contributed by atoms with E-state index in [0.29, 0.717) is 12.1 Å². The van der Waals surface area contributed by atoms with Crippen LogP contribution in [0.1, 0.15) is 12.5 Å². The zero-order valence-corrected chi connectivity index (χ0v) is 14.2. The van der Waals surface area contributed by atoms with E-state index in [1.807, 2.05) is 5.32 Å². The highest BCUT2D eigenvalue weighted by Crippen LogP contribution is 2.34. The Morgan fingerprint density at radius 2 is 1.89 bits per heavy atom. The predicted octanol–water partition coefficient (Wildman–Crippen LogP) is 4.26. The van der Waals surface area contributed by atoms with E-state index in [1.165, 1.54) is 18.3 Å². The van der Waals surface area contributed by atoms with Crippen LogP contribution < -0.4 is 10.6 Å². The Morgan fingerprint density at radius 1 is 1.26 bits per heavy atom. The van der Waals surface area contributed by atoms with Gasteiger partial charge in [-0.05, 0) is 19.1 Å². The van der Waals surface area contributed by atoms with Crippen LogP contribution >= 0.6 is 11.8 Å². The van der Waals surface area contributed by atoms with E-state index in [9.17, 15) is 35.5 Å². The van der Waals surface area contributed by atoms with Gasteiger partial charge in [0.1, 0.15) is 17.6 Å². The second-order valence-electron chi connectivity index (χ2n) is 4.76. The highest BCUT2D eigenvalue weighted by molar-refractivity contribution is 7.99. The first-order valence-corrected chi connectivity index (χ1v) is 8.00. The standard InChI is InChI=1S/C14H11F7N4OS/c1-2-23-12(26)25-11(14(19,20)21)24-9-4-10(27-6-13(16,17)18)7(5-22)3-8(9)15/h3-4H,2,6H2,1H3,(H2,23,24,25,26). The fourth-order valence-electron chi connectivity index (χ4n) is 1.59. The van der Waals surface area contributed by atoms with E-state index in [0.717, 1.165) is 0 Å². The van der Waals surface area contributed by atoms with Crippen LogP contribution in [-0.4, -0.2) is 36.5 Å². The van der Waals surface area contributed by atoms with Crippen molar-refractivity contribution in [1.82, 2.24) is 10.6 Å². The molecule has 148 valence electrons. The molecule has 5 nitrogen and oxygen atoms in total. The highest BCUT2D eigenvalue weighted by Gasteiger charge is 2.37. The van der Waals surface area contributed by atoms with Crippen molar-refractivity contribution in [2.24, 2.45) is 4.99 Å². The normalized spacial score (nSPS) is 12.5. The van der Waals surface area contributed by atoms with Crippen molar-refractivity contribution in [1.29, 1.82) is 5.26 Å². The van der Waals surface area contributed by atoms with Crippen molar-refractivity contribution >= 4 is 29.3 Å². The number of aliphatic imine (C=N–C) groups is 1. The number of carbonyl (C=O) groups is 1. The maximum absolute atomic E-state index is 13.9. The lowest BCUT2D eigenvalue weighted by atomic mass is 10.2. The third-order valence-electron chi connectivity index (χ3n) is 2.63. The SMILES string of the molecule is CCNC(=O)N/C(=N/c1cc(SCC(F)(F)F)c(C#N)cc1F)C(F)(F)F. The average Bonchev–Trinajstić information content (AvgIpc) is 2.52. The van der Waals surface area contributed by atoms with E-state index < -0.39 is 51.9 Å². The molecule has 1 aromatic carbocycles. The van der Waals surface area contributed by atoms with Gasteiger partial charge in [0.2, 0.25) is 5.84 Å². The van der Waals surface area contributed by atoms with Crippen molar-refractivity contribution in [3.05, 3.63) is 23.5 Å². The van der Waals surface area contributed by atoms with E-state index in [1.54, 1.807) is 0 Å². The topological polar surface area (TPSA) is 77.3 Å². The minimum absolute atomic E-state index is 0.000425. The number of nitrogens with zero attached hydrogens (tertiary/aromatic N) is 2. The molecule has 2 N–H and O–H groups in total. The molecule has 0 spiro atoms. The van der Waals surface area contributed by atoms with Gasteiger partial charge in [0.15, 0.2) is 0 Å². The molecule has 0 saturated carbocycles. The first-order chi connectivity index (χ1) is 12.4. The van der Waals surface area contributed by atoms with Crippen LogP contribution in [0.3, 0.4) is 0 Å². The third-order valence-corrected chi connectivity index (χ3v) is 3.75. The van der Waals surface area contributed by atoms with Gasteiger partial charge in [0.25, 0.3) is 0 Å². The molecule has 0 unspecified atom stereocenters. The largest absolute Gasteiger partial charge is 0.449 e. The molecule has 0 heterocycles. The second-order valence-corrected chi connectivity index (χ2v) is 5.78. The molecule has 0 aliphatic heterocycles. The molecular formula is C14H11F7N4OS. The molecule has 0 bridgehead atoms. The van der Waals surface area contributed by atoms with Crippen molar-refractivity contribution in [3.8, 4) is 6.07 Å². The summed E-state index contributed by atoms with van der Waals surface area (Å²) in [7, 11) is 0. The van der Waals surface area contributed by atoms with Gasteiger partial charge in [-0.25, -0.2) is 14.2 Å². The molecule has 0 saturated heterocycles. The van der Waals surface area contributed by atoms with Gasteiger partial charge in [-0.15, -0.1) is 11.8 Å². The Morgan fingerprint density at radius 3 is 2.37 bits per heavy atom. The van der Waals surface area contributed by atoms with Crippen molar-refractivity contribution in [2.45, 2.75) is 24.2 Å². The zero-order valence-electron chi connectivity index (χ0n) is 13.4. The molecule has 1 rings (SSSR count). The number of rotatable bonds is 4. The number of halogens is 7. The summed E-state index contributed by atoms with van der Waals surface area (Å²) in [6.45, 7) is 1.44. The number of urea groups is 1. The summed E-state index contributed by atoms with van der Waals surface area (Å²) in [4.78, 5) is 13.9. The molecular weight excluding hydrogens is 405 g/mol. The number of carbonyl (C=O) groups excluding carboxylic acids is 1. The second kappa shape index (κ2) is 8.94. The predicted molar refractivity (Wildman–Crippen MR) is 83.3 cm³/mol. The summed E-state index contributed by atoms with van der Waals surface area (Å²) in [5, 5.41) is 12.3. The number of thioether (sulfide) groups is 1. The summed E-state index contributed by atoms with van der Waals surface area (Å²) < 4.78 is 89.9. The van der Waals surface area contributed by atoms with Gasteiger partial charge in [0.05, 0.1) is 11.3 Å². The fourth-order valence-corrected chi connectivity index (χ4v) is 2.36. The average molecular weight is 416 g/mol. The number of hydrogen-bond acceptors (Lipinski definition) is 4. The Labute approximate surface area is 152 Å². The van der Waals surface area contributed by atoms with Crippen LogP contribution in [0.25, 0.3) is 0 Å². The number of amidine groups is 1. The van der Waals surface area contributed by atoms with Gasteiger partial charge < -0.3 is 5.32 Å². The number of benzene rings is 1.